The maximum absolute atomic E-state index is 16.5. The Morgan fingerprint density at radius 1 is 1.02 bits per heavy atom. The number of aromatic nitrogens is 1. The fourth-order valence-corrected chi connectivity index (χ4v) is 6.11. The number of ether oxygens (including phenoxy) is 1. The van der Waals surface area contributed by atoms with Gasteiger partial charge in [0.15, 0.2) is 5.82 Å². The van der Waals surface area contributed by atoms with Gasteiger partial charge in [0.25, 0.3) is 5.91 Å². The van der Waals surface area contributed by atoms with Gasteiger partial charge in [0.1, 0.15) is 17.3 Å². The number of carbonyl (C=O) groups is 2. The second-order valence-electron chi connectivity index (χ2n) is 11.2. The number of hydrogen-bond acceptors (Lipinski definition) is 6. The number of hydrogen-bond donors (Lipinski definition) is 3. The molecular formula is C34H34F2N6O3. The van der Waals surface area contributed by atoms with Crippen molar-refractivity contribution in [3.05, 3.63) is 107 Å². The molecule has 3 aromatic carbocycles. The van der Waals surface area contributed by atoms with Crippen molar-refractivity contribution in [1.29, 1.82) is 0 Å². The van der Waals surface area contributed by atoms with E-state index in [1.54, 1.807) is 41.2 Å². The summed E-state index contributed by atoms with van der Waals surface area (Å²) in [6.45, 7) is 1.39. The van der Waals surface area contributed by atoms with Crippen LogP contribution in [0.1, 0.15) is 40.0 Å². The third-order valence-electron chi connectivity index (χ3n) is 8.40. The number of para-hydroxylation sites is 1. The largest absolute Gasteiger partial charge is 0.496 e. The molecule has 2 amide bonds. The van der Waals surface area contributed by atoms with Gasteiger partial charge in [0, 0.05) is 73.6 Å². The zero-order valence-electron chi connectivity index (χ0n) is 24.9. The zero-order chi connectivity index (χ0) is 31.7. The molecule has 0 radical (unpaired) electrons. The molecule has 4 aromatic rings. The van der Waals surface area contributed by atoms with Crippen molar-refractivity contribution in [1.82, 2.24) is 19.8 Å². The lowest BCUT2D eigenvalue weighted by atomic mass is 9.93. The monoisotopic (exact) mass is 612 g/mol. The molecule has 232 valence electrons. The lowest BCUT2D eigenvalue weighted by Crippen LogP contribution is -2.38. The topological polar surface area (TPSA) is 121 Å². The number of rotatable bonds is 8. The third-order valence-corrected chi connectivity index (χ3v) is 8.40. The van der Waals surface area contributed by atoms with E-state index in [1.165, 1.54) is 23.5 Å². The molecule has 3 heterocycles. The minimum absolute atomic E-state index is 0.108. The molecule has 0 unspecified atom stereocenters. The van der Waals surface area contributed by atoms with Gasteiger partial charge in [-0.05, 0) is 47.4 Å². The van der Waals surface area contributed by atoms with Gasteiger partial charge in [-0.1, -0.05) is 36.4 Å². The summed E-state index contributed by atoms with van der Waals surface area (Å²) in [5.74, 6) is 5.06. The highest BCUT2D eigenvalue weighted by Crippen LogP contribution is 2.40. The van der Waals surface area contributed by atoms with E-state index in [0.717, 1.165) is 11.1 Å². The quantitative estimate of drug-likeness (QED) is 0.193. The Balaban J connectivity index is 1.38. The maximum Gasteiger partial charge on any atom is 0.270 e. The van der Waals surface area contributed by atoms with Gasteiger partial charge in [0.2, 0.25) is 5.91 Å². The molecule has 9 nitrogen and oxygen atoms in total. The van der Waals surface area contributed by atoms with E-state index in [2.05, 4.69) is 4.98 Å². The summed E-state index contributed by atoms with van der Waals surface area (Å²) in [7, 11) is 1.57. The first-order valence-electron chi connectivity index (χ1n) is 14.7. The first kappa shape index (κ1) is 29.9. The predicted molar refractivity (Wildman–Crippen MR) is 168 cm³/mol. The van der Waals surface area contributed by atoms with Crippen LogP contribution in [0.3, 0.4) is 0 Å². The summed E-state index contributed by atoms with van der Waals surface area (Å²) in [6.07, 6.45) is 5.45. The van der Waals surface area contributed by atoms with Gasteiger partial charge in [0.05, 0.1) is 12.6 Å². The Kier molecular flexibility index (Phi) is 8.27. The van der Waals surface area contributed by atoms with E-state index in [0.29, 0.717) is 46.4 Å². The molecule has 5 N–H and O–H groups in total. The molecule has 2 aliphatic rings. The van der Waals surface area contributed by atoms with Gasteiger partial charge in [-0.3, -0.25) is 9.59 Å². The fourth-order valence-electron chi connectivity index (χ4n) is 6.11. The molecule has 0 saturated heterocycles. The van der Waals surface area contributed by atoms with Crippen molar-refractivity contribution >= 4 is 28.3 Å². The van der Waals surface area contributed by atoms with Crippen molar-refractivity contribution in [2.45, 2.75) is 25.9 Å². The van der Waals surface area contributed by atoms with Crippen LogP contribution in [-0.2, 0) is 17.9 Å². The minimum Gasteiger partial charge on any atom is -0.496 e. The van der Waals surface area contributed by atoms with Crippen LogP contribution in [0.4, 0.5) is 8.78 Å². The smallest absolute Gasteiger partial charge is 0.270 e. The van der Waals surface area contributed by atoms with Gasteiger partial charge in [-0.25, -0.2) is 14.6 Å². The first-order valence-corrected chi connectivity index (χ1v) is 14.7. The summed E-state index contributed by atoms with van der Waals surface area (Å²) in [5.41, 5.74) is 9.34. The average Bonchev–Trinajstić information content (AvgIpc) is 3.71. The highest BCUT2D eigenvalue weighted by Gasteiger charge is 2.29. The molecule has 11 heteroatoms. The van der Waals surface area contributed by atoms with E-state index < -0.39 is 5.82 Å². The van der Waals surface area contributed by atoms with Crippen LogP contribution < -0.4 is 16.3 Å². The van der Waals surface area contributed by atoms with Gasteiger partial charge in [-0.2, -0.15) is 0 Å². The Morgan fingerprint density at radius 3 is 2.62 bits per heavy atom. The molecule has 0 fully saturated rings. The van der Waals surface area contributed by atoms with E-state index in [9.17, 15) is 14.0 Å². The lowest BCUT2D eigenvalue weighted by molar-refractivity contribution is -0.130. The summed E-state index contributed by atoms with van der Waals surface area (Å²) in [4.78, 5) is 33.0. The third kappa shape index (κ3) is 5.74. The Bertz CT molecular complexity index is 1850. The summed E-state index contributed by atoms with van der Waals surface area (Å²) in [5, 5.41) is 1.85. The molecule has 1 aromatic heterocycles. The standard InChI is InChI=1S/C34H34F2N6O3/c1-45-30-10-3-2-8-23(30)25-16-24(21-7-5-13-40(18-21)31(43)11-14-42(38)15-12-37)32(36)33-26(25)17-29(39-33)34(44)41-19-22-6-4-9-28(35)27(22)20-41/h2-4,6-10,12,15-17,39H,5,11,13-14,18-20,37-38H2,1H3/b15-12-. The molecule has 0 aliphatic carbocycles. The van der Waals surface area contributed by atoms with Gasteiger partial charge < -0.3 is 30.3 Å². The number of carbonyl (C=O) groups excluding carboxylic acids is 2. The number of nitrogens with one attached hydrogen (secondary N) is 1. The van der Waals surface area contributed by atoms with E-state index >= 15 is 4.39 Å². The highest BCUT2D eigenvalue weighted by atomic mass is 19.1. The number of nitrogens with zero attached hydrogens (tertiary/aromatic N) is 3. The van der Waals surface area contributed by atoms with Crippen LogP contribution >= 0.6 is 0 Å². The molecule has 0 saturated carbocycles. The van der Waals surface area contributed by atoms with E-state index in [1.807, 2.05) is 30.3 Å². The molecule has 6 rings (SSSR count). The van der Waals surface area contributed by atoms with Crippen molar-refractivity contribution in [2.75, 3.05) is 26.7 Å². The summed E-state index contributed by atoms with van der Waals surface area (Å²) in [6, 6.07) is 15.6. The van der Waals surface area contributed by atoms with Crippen molar-refractivity contribution in [3.63, 3.8) is 0 Å². The maximum atomic E-state index is 16.5. The summed E-state index contributed by atoms with van der Waals surface area (Å²) < 4.78 is 36.6. The van der Waals surface area contributed by atoms with E-state index in [4.69, 9.17) is 16.3 Å². The molecular weight excluding hydrogens is 578 g/mol. The van der Waals surface area contributed by atoms with E-state index in [-0.39, 0.29) is 61.4 Å². The number of H-pyrrole nitrogens is 1. The highest BCUT2D eigenvalue weighted by molar-refractivity contribution is 6.05. The minimum atomic E-state index is -0.528. The number of aromatic amines is 1. The van der Waals surface area contributed by atoms with Crippen molar-refractivity contribution in [2.24, 2.45) is 11.6 Å². The number of methoxy groups -OCH3 is 1. The van der Waals surface area contributed by atoms with Gasteiger partial charge in [-0.15, -0.1) is 0 Å². The Morgan fingerprint density at radius 2 is 1.84 bits per heavy atom. The first-order chi connectivity index (χ1) is 21.8. The van der Waals surface area contributed by atoms with Gasteiger partial charge >= 0.3 is 0 Å². The zero-order valence-corrected chi connectivity index (χ0v) is 24.9. The number of fused-ring (bicyclic) bond motifs is 2. The molecule has 0 spiro atoms. The van der Waals surface area contributed by atoms with Crippen molar-refractivity contribution < 1.29 is 23.1 Å². The summed E-state index contributed by atoms with van der Waals surface area (Å²) >= 11 is 0. The predicted octanol–water partition coefficient (Wildman–Crippen LogP) is 4.89. The second-order valence-corrected chi connectivity index (χ2v) is 11.2. The van der Waals surface area contributed by atoms with Crippen LogP contribution in [0.25, 0.3) is 27.6 Å². The fraction of sp³-hybridized carbons (Fsp3) is 0.235. The number of benzene rings is 3. The molecule has 0 bridgehead atoms. The SMILES string of the molecule is COc1ccccc1-c1cc(C2=CCCN(C(=O)CCN(N)/C=C\N)C2)c(F)c2[nH]c(C(=O)N3Cc4cccc(F)c4C3)cc12. The average molecular weight is 613 g/mol. The van der Waals surface area contributed by atoms with Crippen LogP contribution in [0.15, 0.2) is 73.1 Å². The van der Waals surface area contributed by atoms with Crippen molar-refractivity contribution in [3.8, 4) is 16.9 Å². The van der Waals surface area contributed by atoms with Crippen LogP contribution in [0.2, 0.25) is 0 Å². The Labute approximate surface area is 259 Å². The second kappa shape index (κ2) is 12.4. The molecule has 0 atom stereocenters. The number of halogens is 2. The molecule has 45 heavy (non-hydrogen) atoms. The number of amides is 2. The lowest BCUT2D eigenvalue weighted by Gasteiger charge is -2.29. The Hall–Kier alpha value is -5.16. The van der Waals surface area contributed by atoms with Crippen LogP contribution in [-0.4, -0.2) is 58.4 Å². The van der Waals surface area contributed by atoms with Crippen LogP contribution in [0.5, 0.6) is 5.75 Å². The van der Waals surface area contributed by atoms with Crippen LogP contribution in [0, 0.1) is 11.6 Å². The number of nitrogens with two attached hydrogens (primary N) is 2. The number of hydrazine groups is 1. The molecule has 2 aliphatic heterocycles. The normalized spacial score (nSPS) is 14.6.